The number of aromatic nitrogens is 1. The van der Waals surface area contributed by atoms with Crippen molar-refractivity contribution in [1.29, 1.82) is 0 Å². The van der Waals surface area contributed by atoms with Gasteiger partial charge in [0.15, 0.2) is 0 Å². The van der Waals surface area contributed by atoms with Gasteiger partial charge in [0, 0.05) is 11.6 Å². The molecule has 0 saturated heterocycles. The standard InChI is InChI=1S/C15H18N4O2/c1-8(2)12(14(17)20)19-15(21)11-7-18-13(16)10-6-4-3-5-9(10)11/h3-8,12H,1-2H3,(H2,16,18)(H2,17,20)(H,19,21). The molecule has 0 bridgehead atoms. The smallest absolute Gasteiger partial charge is 0.254 e. The number of benzene rings is 1. The summed E-state index contributed by atoms with van der Waals surface area (Å²) in [6.07, 6.45) is 1.41. The molecule has 1 aromatic heterocycles. The van der Waals surface area contributed by atoms with Crippen molar-refractivity contribution in [3.8, 4) is 0 Å². The molecule has 1 aromatic carbocycles. The highest BCUT2D eigenvalue weighted by molar-refractivity contribution is 6.09. The van der Waals surface area contributed by atoms with Crippen LogP contribution in [0.2, 0.25) is 0 Å². The van der Waals surface area contributed by atoms with E-state index in [2.05, 4.69) is 10.3 Å². The second-order valence-electron chi connectivity index (χ2n) is 5.20. The van der Waals surface area contributed by atoms with Crippen molar-refractivity contribution >= 4 is 28.4 Å². The van der Waals surface area contributed by atoms with Crippen LogP contribution in [-0.2, 0) is 4.79 Å². The van der Waals surface area contributed by atoms with Crippen LogP contribution >= 0.6 is 0 Å². The minimum absolute atomic E-state index is 0.0977. The Morgan fingerprint density at radius 2 is 1.81 bits per heavy atom. The largest absolute Gasteiger partial charge is 0.383 e. The Labute approximate surface area is 122 Å². The van der Waals surface area contributed by atoms with Crippen LogP contribution < -0.4 is 16.8 Å². The number of pyridine rings is 1. The maximum atomic E-state index is 12.4. The van der Waals surface area contributed by atoms with E-state index >= 15 is 0 Å². The number of rotatable bonds is 4. The maximum absolute atomic E-state index is 12.4. The summed E-state index contributed by atoms with van der Waals surface area (Å²) in [5.74, 6) is -0.695. The highest BCUT2D eigenvalue weighted by Crippen LogP contribution is 2.22. The molecule has 0 aliphatic rings. The lowest BCUT2D eigenvalue weighted by atomic mass is 10.0. The number of nitrogens with one attached hydrogen (secondary N) is 1. The minimum atomic E-state index is -0.728. The van der Waals surface area contributed by atoms with Crippen molar-refractivity contribution in [1.82, 2.24) is 10.3 Å². The van der Waals surface area contributed by atoms with Crippen molar-refractivity contribution in [2.75, 3.05) is 5.73 Å². The van der Waals surface area contributed by atoms with Crippen LogP contribution in [0, 0.1) is 5.92 Å². The van der Waals surface area contributed by atoms with Crippen LogP contribution in [0.4, 0.5) is 5.82 Å². The van der Waals surface area contributed by atoms with Crippen LogP contribution in [0.25, 0.3) is 10.8 Å². The van der Waals surface area contributed by atoms with Gasteiger partial charge in [-0.05, 0) is 11.3 Å². The van der Waals surface area contributed by atoms with Gasteiger partial charge in [0.25, 0.3) is 5.91 Å². The molecule has 21 heavy (non-hydrogen) atoms. The molecule has 110 valence electrons. The van der Waals surface area contributed by atoms with E-state index in [1.165, 1.54) is 6.20 Å². The summed E-state index contributed by atoms with van der Waals surface area (Å²) in [5.41, 5.74) is 11.5. The van der Waals surface area contributed by atoms with E-state index in [4.69, 9.17) is 11.5 Å². The van der Waals surface area contributed by atoms with Gasteiger partial charge >= 0.3 is 0 Å². The Kier molecular flexibility index (Phi) is 4.07. The molecule has 1 unspecified atom stereocenters. The number of anilines is 1. The lowest BCUT2D eigenvalue weighted by Gasteiger charge is -2.19. The second-order valence-corrected chi connectivity index (χ2v) is 5.20. The van der Waals surface area contributed by atoms with Gasteiger partial charge < -0.3 is 16.8 Å². The van der Waals surface area contributed by atoms with Crippen LogP contribution in [-0.4, -0.2) is 22.8 Å². The number of nitrogens with two attached hydrogens (primary N) is 2. The second kappa shape index (κ2) is 5.78. The van der Waals surface area contributed by atoms with Crippen LogP contribution in [0.5, 0.6) is 0 Å². The predicted octanol–water partition coefficient (Wildman–Crippen LogP) is 1.06. The normalized spacial score (nSPS) is 12.3. The summed E-state index contributed by atoms with van der Waals surface area (Å²) in [5, 5.41) is 4.04. The SMILES string of the molecule is CC(C)C(NC(=O)c1cnc(N)c2ccccc12)C(N)=O. The molecule has 0 fully saturated rings. The quantitative estimate of drug-likeness (QED) is 0.780. The zero-order valence-corrected chi connectivity index (χ0v) is 12.0. The molecule has 0 aliphatic heterocycles. The summed E-state index contributed by atoms with van der Waals surface area (Å²) in [7, 11) is 0. The zero-order chi connectivity index (χ0) is 15.6. The van der Waals surface area contributed by atoms with Gasteiger partial charge in [-0.3, -0.25) is 9.59 Å². The van der Waals surface area contributed by atoms with Gasteiger partial charge in [-0.15, -0.1) is 0 Å². The summed E-state index contributed by atoms with van der Waals surface area (Å²) in [6, 6.07) is 6.49. The Bertz CT molecular complexity index is 697. The first-order valence-electron chi connectivity index (χ1n) is 6.65. The third-order valence-electron chi connectivity index (χ3n) is 3.33. The van der Waals surface area contributed by atoms with Crippen molar-refractivity contribution in [2.45, 2.75) is 19.9 Å². The van der Waals surface area contributed by atoms with E-state index in [0.29, 0.717) is 22.2 Å². The third kappa shape index (κ3) is 2.94. The van der Waals surface area contributed by atoms with Gasteiger partial charge in [0.05, 0.1) is 5.56 Å². The predicted molar refractivity (Wildman–Crippen MR) is 81.4 cm³/mol. The molecule has 2 amide bonds. The Morgan fingerprint density at radius 3 is 2.38 bits per heavy atom. The fraction of sp³-hybridized carbons (Fsp3) is 0.267. The molecule has 6 nitrogen and oxygen atoms in total. The van der Waals surface area contributed by atoms with Crippen molar-refractivity contribution in [3.63, 3.8) is 0 Å². The van der Waals surface area contributed by atoms with E-state index in [-0.39, 0.29) is 5.92 Å². The Morgan fingerprint density at radius 1 is 1.19 bits per heavy atom. The van der Waals surface area contributed by atoms with Crippen molar-refractivity contribution in [2.24, 2.45) is 11.7 Å². The highest BCUT2D eigenvalue weighted by atomic mass is 16.2. The first-order valence-corrected chi connectivity index (χ1v) is 6.65. The molecular weight excluding hydrogens is 268 g/mol. The molecule has 1 heterocycles. The van der Waals surface area contributed by atoms with Crippen molar-refractivity contribution in [3.05, 3.63) is 36.0 Å². The van der Waals surface area contributed by atoms with E-state index in [1.807, 2.05) is 26.0 Å². The summed E-state index contributed by atoms with van der Waals surface area (Å²) in [4.78, 5) is 27.8. The fourth-order valence-electron chi connectivity index (χ4n) is 2.18. The first kappa shape index (κ1) is 14.8. The van der Waals surface area contributed by atoms with E-state index < -0.39 is 17.9 Å². The molecule has 0 radical (unpaired) electrons. The summed E-state index contributed by atoms with van der Waals surface area (Å²) < 4.78 is 0. The number of carbonyl (C=O) groups is 2. The van der Waals surface area contributed by atoms with E-state index in [1.54, 1.807) is 12.1 Å². The first-order chi connectivity index (χ1) is 9.91. The van der Waals surface area contributed by atoms with Crippen molar-refractivity contribution < 1.29 is 9.59 Å². The van der Waals surface area contributed by atoms with Crippen LogP contribution in [0.15, 0.2) is 30.5 Å². The molecule has 0 spiro atoms. The van der Waals surface area contributed by atoms with Crippen LogP contribution in [0.3, 0.4) is 0 Å². The molecule has 0 saturated carbocycles. The molecule has 5 N–H and O–H groups in total. The molecule has 6 heteroatoms. The van der Waals surface area contributed by atoms with Gasteiger partial charge in [-0.2, -0.15) is 0 Å². The molecule has 1 atom stereocenters. The van der Waals surface area contributed by atoms with E-state index in [9.17, 15) is 9.59 Å². The lowest BCUT2D eigenvalue weighted by Crippen LogP contribution is -2.47. The lowest BCUT2D eigenvalue weighted by molar-refractivity contribution is -0.120. The van der Waals surface area contributed by atoms with E-state index in [0.717, 1.165) is 0 Å². The third-order valence-corrected chi connectivity index (χ3v) is 3.33. The minimum Gasteiger partial charge on any atom is -0.383 e. The number of nitrogens with zero attached hydrogens (tertiary/aromatic N) is 1. The van der Waals surface area contributed by atoms with Gasteiger partial charge in [0.2, 0.25) is 5.91 Å². The Balaban J connectivity index is 2.40. The molecule has 2 rings (SSSR count). The number of hydrogen-bond acceptors (Lipinski definition) is 4. The number of fused-ring (bicyclic) bond motifs is 1. The average molecular weight is 286 g/mol. The number of hydrogen-bond donors (Lipinski definition) is 3. The van der Waals surface area contributed by atoms with Gasteiger partial charge in [0.1, 0.15) is 11.9 Å². The monoisotopic (exact) mass is 286 g/mol. The average Bonchev–Trinajstić information content (AvgIpc) is 2.44. The van der Waals surface area contributed by atoms with Gasteiger partial charge in [-0.25, -0.2) is 4.98 Å². The summed E-state index contributed by atoms with van der Waals surface area (Å²) >= 11 is 0. The number of primary amides is 1. The highest BCUT2D eigenvalue weighted by Gasteiger charge is 2.23. The molecular formula is C15H18N4O2. The molecule has 2 aromatic rings. The number of nitrogen functional groups attached to an aromatic ring is 1. The maximum Gasteiger partial charge on any atom is 0.254 e. The Hall–Kier alpha value is -2.63. The fourth-order valence-corrected chi connectivity index (χ4v) is 2.18. The van der Waals surface area contributed by atoms with Gasteiger partial charge in [-0.1, -0.05) is 38.1 Å². The topological polar surface area (TPSA) is 111 Å². The number of amides is 2. The van der Waals surface area contributed by atoms with Crippen LogP contribution in [0.1, 0.15) is 24.2 Å². The summed E-state index contributed by atoms with van der Waals surface area (Å²) in [6.45, 7) is 3.63. The number of carbonyl (C=O) groups excluding carboxylic acids is 2. The molecule has 0 aliphatic carbocycles. The zero-order valence-electron chi connectivity index (χ0n) is 12.0.